The summed E-state index contributed by atoms with van der Waals surface area (Å²) in [6.45, 7) is 0.165. The molecule has 90 valence electrons. The van der Waals surface area contributed by atoms with Gasteiger partial charge < -0.3 is 10.5 Å². The summed E-state index contributed by atoms with van der Waals surface area (Å²) >= 11 is 0. The van der Waals surface area contributed by atoms with E-state index in [4.69, 9.17) is 15.7 Å². The lowest BCUT2D eigenvalue weighted by molar-refractivity contribution is 0.290. The first kappa shape index (κ1) is 11.9. The molecule has 2 rings (SSSR count). The fourth-order valence-corrected chi connectivity index (χ4v) is 1.42. The number of halogens is 1. The van der Waals surface area contributed by atoms with E-state index in [-0.39, 0.29) is 12.4 Å². The van der Waals surface area contributed by atoms with Crippen molar-refractivity contribution in [2.45, 2.75) is 6.61 Å². The van der Waals surface area contributed by atoms with Gasteiger partial charge in [-0.1, -0.05) is 0 Å². The molecule has 0 radical (unpaired) electrons. The van der Waals surface area contributed by atoms with Crippen molar-refractivity contribution in [3.05, 3.63) is 53.6 Å². The minimum atomic E-state index is -0.510. The number of anilines is 1. The highest BCUT2D eigenvalue weighted by Crippen LogP contribution is 2.20. The van der Waals surface area contributed by atoms with Crippen molar-refractivity contribution in [2.24, 2.45) is 0 Å². The number of aromatic nitrogens is 1. The third-order valence-electron chi connectivity index (χ3n) is 2.29. The predicted octanol–water partition coefficient (Wildman–Crippen LogP) is 2.25. The lowest BCUT2D eigenvalue weighted by atomic mass is 10.2. The van der Waals surface area contributed by atoms with Gasteiger partial charge >= 0.3 is 0 Å². The first-order valence-electron chi connectivity index (χ1n) is 5.22. The zero-order chi connectivity index (χ0) is 13.0. The zero-order valence-corrected chi connectivity index (χ0v) is 9.43. The lowest BCUT2D eigenvalue weighted by Gasteiger charge is -2.07. The second-order valence-corrected chi connectivity index (χ2v) is 3.64. The van der Waals surface area contributed by atoms with Gasteiger partial charge in [-0.2, -0.15) is 5.26 Å². The van der Waals surface area contributed by atoms with E-state index in [0.29, 0.717) is 11.4 Å². The van der Waals surface area contributed by atoms with E-state index < -0.39 is 5.82 Å². The number of hydrogen-bond donors (Lipinski definition) is 1. The van der Waals surface area contributed by atoms with E-state index in [0.717, 1.165) is 5.56 Å². The van der Waals surface area contributed by atoms with Crippen LogP contribution in [0.1, 0.15) is 11.3 Å². The smallest absolute Gasteiger partial charge is 0.167 e. The average Bonchev–Trinajstić information content (AvgIpc) is 2.38. The zero-order valence-electron chi connectivity index (χ0n) is 9.43. The molecule has 0 atom stereocenters. The Labute approximate surface area is 103 Å². The summed E-state index contributed by atoms with van der Waals surface area (Å²) in [5, 5.41) is 8.69. The second-order valence-electron chi connectivity index (χ2n) is 3.64. The maximum atomic E-state index is 13.4. The van der Waals surface area contributed by atoms with Gasteiger partial charge in [0.15, 0.2) is 11.6 Å². The Kier molecular flexibility index (Phi) is 3.39. The summed E-state index contributed by atoms with van der Waals surface area (Å²) in [4.78, 5) is 3.83. The molecule has 0 aliphatic rings. The van der Waals surface area contributed by atoms with E-state index in [1.165, 1.54) is 18.3 Å². The Balaban J connectivity index is 2.09. The number of nitrogen functional groups attached to an aromatic ring is 1. The second kappa shape index (κ2) is 5.15. The van der Waals surface area contributed by atoms with Crippen LogP contribution >= 0.6 is 0 Å². The summed E-state index contributed by atoms with van der Waals surface area (Å²) < 4.78 is 18.7. The molecule has 0 saturated heterocycles. The van der Waals surface area contributed by atoms with Gasteiger partial charge in [0, 0.05) is 18.0 Å². The molecule has 0 aliphatic carbocycles. The monoisotopic (exact) mass is 243 g/mol. The number of pyridine rings is 1. The van der Waals surface area contributed by atoms with E-state index in [9.17, 15) is 4.39 Å². The number of nitrogens with zero attached hydrogens (tertiary/aromatic N) is 2. The van der Waals surface area contributed by atoms with E-state index >= 15 is 0 Å². The molecule has 2 aromatic rings. The Hall–Kier alpha value is -2.61. The molecule has 1 heterocycles. The predicted molar refractivity (Wildman–Crippen MR) is 64.1 cm³/mol. The molecular weight excluding hydrogens is 233 g/mol. The van der Waals surface area contributed by atoms with Gasteiger partial charge in [-0.15, -0.1) is 0 Å². The third kappa shape index (κ3) is 2.74. The lowest BCUT2D eigenvalue weighted by Crippen LogP contribution is -1.99. The number of nitrogens with two attached hydrogens (primary N) is 1. The highest BCUT2D eigenvalue weighted by atomic mass is 19.1. The summed E-state index contributed by atoms with van der Waals surface area (Å²) in [7, 11) is 0. The minimum Gasteiger partial charge on any atom is -0.486 e. The van der Waals surface area contributed by atoms with Crippen LogP contribution < -0.4 is 10.5 Å². The van der Waals surface area contributed by atoms with Crippen molar-refractivity contribution >= 4 is 5.69 Å². The number of benzene rings is 1. The minimum absolute atomic E-state index is 0.125. The summed E-state index contributed by atoms with van der Waals surface area (Å²) in [6.07, 6.45) is 1.51. The number of ether oxygens (including phenoxy) is 1. The maximum absolute atomic E-state index is 13.4. The van der Waals surface area contributed by atoms with Crippen LogP contribution in [0.4, 0.5) is 10.1 Å². The van der Waals surface area contributed by atoms with Gasteiger partial charge in [0.1, 0.15) is 18.4 Å². The van der Waals surface area contributed by atoms with Crippen LogP contribution in [0.15, 0.2) is 36.5 Å². The summed E-state index contributed by atoms with van der Waals surface area (Å²) in [5.41, 5.74) is 6.82. The van der Waals surface area contributed by atoms with Crippen LogP contribution in [0.25, 0.3) is 0 Å². The third-order valence-corrected chi connectivity index (χ3v) is 2.29. The average molecular weight is 243 g/mol. The SMILES string of the molecule is N#Cc1cc(COc2ccc(N)cc2F)ccn1. The molecule has 1 aromatic carbocycles. The number of rotatable bonds is 3. The van der Waals surface area contributed by atoms with E-state index in [2.05, 4.69) is 4.98 Å². The van der Waals surface area contributed by atoms with Crippen LogP contribution in [-0.2, 0) is 6.61 Å². The highest BCUT2D eigenvalue weighted by molar-refractivity contribution is 5.42. The van der Waals surface area contributed by atoms with Gasteiger partial charge in [0.05, 0.1) is 0 Å². The first-order chi connectivity index (χ1) is 8.69. The molecule has 0 amide bonds. The maximum Gasteiger partial charge on any atom is 0.167 e. The van der Waals surface area contributed by atoms with Crippen molar-refractivity contribution in [1.82, 2.24) is 4.98 Å². The molecule has 18 heavy (non-hydrogen) atoms. The van der Waals surface area contributed by atoms with Crippen molar-refractivity contribution in [3.63, 3.8) is 0 Å². The Morgan fingerprint density at radius 2 is 2.17 bits per heavy atom. The van der Waals surface area contributed by atoms with Crippen LogP contribution in [0.3, 0.4) is 0 Å². The summed E-state index contributed by atoms with van der Waals surface area (Å²) in [6, 6.07) is 9.45. The molecule has 0 fully saturated rings. The Morgan fingerprint density at radius 3 is 2.89 bits per heavy atom. The standard InChI is InChI=1S/C13H10FN3O/c14-12-6-10(16)1-2-13(12)18-8-9-3-4-17-11(5-9)7-15/h1-6H,8,16H2. The highest BCUT2D eigenvalue weighted by Gasteiger charge is 2.04. The van der Waals surface area contributed by atoms with Crippen LogP contribution in [0.5, 0.6) is 5.75 Å². The van der Waals surface area contributed by atoms with Crippen LogP contribution in [0.2, 0.25) is 0 Å². The Morgan fingerprint density at radius 1 is 1.33 bits per heavy atom. The van der Waals surface area contributed by atoms with Gasteiger partial charge in [-0.3, -0.25) is 0 Å². The van der Waals surface area contributed by atoms with Gasteiger partial charge in [0.2, 0.25) is 0 Å². The van der Waals surface area contributed by atoms with E-state index in [1.807, 2.05) is 6.07 Å². The van der Waals surface area contributed by atoms with Crippen LogP contribution in [-0.4, -0.2) is 4.98 Å². The van der Waals surface area contributed by atoms with Crippen LogP contribution in [0, 0.1) is 17.1 Å². The molecule has 0 unspecified atom stereocenters. The van der Waals surface area contributed by atoms with Gasteiger partial charge in [-0.05, 0) is 29.8 Å². The normalized spacial score (nSPS) is 9.78. The quantitative estimate of drug-likeness (QED) is 0.839. The fourth-order valence-electron chi connectivity index (χ4n) is 1.42. The molecule has 0 aliphatic heterocycles. The van der Waals surface area contributed by atoms with Crippen molar-refractivity contribution in [1.29, 1.82) is 5.26 Å². The first-order valence-corrected chi connectivity index (χ1v) is 5.22. The number of hydrogen-bond acceptors (Lipinski definition) is 4. The molecular formula is C13H10FN3O. The number of nitriles is 1. The Bertz CT molecular complexity index is 607. The van der Waals surface area contributed by atoms with Gasteiger partial charge in [0.25, 0.3) is 0 Å². The molecule has 0 bridgehead atoms. The molecule has 5 heteroatoms. The van der Waals surface area contributed by atoms with Crippen molar-refractivity contribution in [2.75, 3.05) is 5.73 Å². The molecule has 0 saturated carbocycles. The molecule has 2 N–H and O–H groups in total. The topological polar surface area (TPSA) is 71.9 Å². The van der Waals surface area contributed by atoms with E-state index in [1.54, 1.807) is 18.2 Å². The van der Waals surface area contributed by atoms with Crippen molar-refractivity contribution < 1.29 is 9.13 Å². The largest absolute Gasteiger partial charge is 0.486 e. The molecule has 4 nitrogen and oxygen atoms in total. The fraction of sp³-hybridized carbons (Fsp3) is 0.0769. The van der Waals surface area contributed by atoms with Gasteiger partial charge in [-0.25, -0.2) is 9.37 Å². The van der Waals surface area contributed by atoms with Crippen molar-refractivity contribution in [3.8, 4) is 11.8 Å². The summed E-state index contributed by atoms with van der Waals surface area (Å²) in [5.74, 6) is -0.385. The molecule has 0 spiro atoms. The molecule has 1 aromatic heterocycles.